The SMILES string of the molecule is CCCC(=O)OCc1cccc(OC)c1. The zero-order chi connectivity index (χ0) is 11.1. The summed E-state index contributed by atoms with van der Waals surface area (Å²) < 4.78 is 10.1. The monoisotopic (exact) mass is 208 g/mol. The summed E-state index contributed by atoms with van der Waals surface area (Å²) in [7, 11) is 1.61. The van der Waals surface area contributed by atoms with Gasteiger partial charge in [-0.25, -0.2) is 0 Å². The number of methoxy groups -OCH3 is 1. The first-order valence-corrected chi connectivity index (χ1v) is 5.04. The lowest BCUT2D eigenvalue weighted by Gasteiger charge is -2.05. The molecule has 0 saturated carbocycles. The molecule has 1 rings (SSSR count). The number of hydrogen-bond donors (Lipinski definition) is 0. The van der Waals surface area contributed by atoms with E-state index in [9.17, 15) is 4.79 Å². The summed E-state index contributed by atoms with van der Waals surface area (Å²) in [5, 5.41) is 0. The van der Waals surface area contributed by atoms with E-state index in [4.69, 9.17) is 9.47 Å². The van der Waals surface area contributed by atoms with Crippen molar-refractivity contribution in [2.45, 2.75) is 26.4 Å². The second-order valence-electron chi connectivity index (χ2n) is 3.26. The minimum absolute atomic E-state index is 0.152. The van der Waals surface area contributed by atoms with E-state index in [1.807, 2.05) is 31.2 Å². The minimum Gasteiger partial charge on any atom is -0.497 e. The van der Waals surface area contributed by atoms with Crippen LogP contribution >= 0.6 is 0 Å². The van der Waals surface area contributed by atoms with Gasteiger partial charge in [0.25, 0.3) is 0 Å². The molecule has 0 radical (unpaired) electrons. The molecule has 1 aromatic rings. The molecular formula is C12H16O3. The third-order valence-corrected chi connectivity index (χ3v) is 1.99. The highest BCUT2D eigenvalue weighted by atomic mass is 16.5. The van der Waals surface area contributed by atoms with Crippen LogP contribution in [0.3, 0.4) is 0 Å². The number of carbonyl (C=O) groups is 1. The largest absolute Gasteiger partial charge is 0.497 e. The molecule has 82 valence electrons. The van der Waals surface area contributed by atoms with Crippen LogP contribution in [0.15, 0.2) is 24.3 Å². The van der Waals surface area contributed by atoms with Gasteiger partial charge in [0, 0.05) is 6.42 Å². The highest BCUT2D eigenvalue weighted by Gasteiger charge is 2.02. The second kappa shape index (κ2) is 6.06. The lowest BCUT2D eigenvalue weighted by molar-refractivity contribution is -0.144. The van der Waals surface area contributed by atoms with Crippen molar-refractivity contribution in [1.29, 1.82) is 0 Å². The summed E-state index contributed by atoms with van der Waals surface area (Å²) in [5.74, 6) is 0.624. The highest BCUT2D eigenvalue weighted by molar-refractivity contribution is 5.69. The highest BCUT2D eigenvalue weighted by Crippen LogP contribution is 2.13. The molecule has 0 aliphatic rings. The van der Waals surface area contributed by atoms with Crippen molar-refractivity contribution in [3.63, 3.8) is 0 Å². The van der Waals surface area contributed by atoms with Gasteiger partial charge in [0.05, 0.1) is 7.11 Å². The molecule has 0 amide bonds. The molecule has 0 heterocycles. The van der Waals surface area contributed by atoms with Crippen LogP contribution < -0.4 is 4.74 Å². The number of esters is 1. The first-order valence-electron chi connectivity index (χ1n) is 5.04. The quantitative estimate of drug-likeness (QED) is 0.697. The van der Waals surface area contributed by atoms with Gasteiger partial charge < -0.3 is 9.47 Å². The zero-order valence-corrected chi connectivity index (χ0v) is 9.16. The molecule has 0 fully saturated rings. The molecule has 0 bridgehead atoms. The fraction of sp³-hybridized carbons (Fsp3) is 0.417. The fourth-order valence-electron chi connectivity index (χ4n) is 1.20. The van der Waals surface area contributed by atoms with Crippen molar-refractivity contribution in [3.05, 3.63) is 29.8 Å². The smallest absolute Gasteiger partial charge is 0.306 e. The van der Waals surface area contributed by atoms with Gasteiger partial charge in [-0.1, -0.05) is 19.1 Å². The molecule has 1 aromatic carbocycles. The van der Waals surface area contributed by atoms with E-state index in [2.05, 4.69) is 0 Å². The fourth-order valence-corrected chi connectivity index (χ4v) is 1.20. The lowest BCUT2D eigenvalue weighted by atomic mass is 10.2. The number of ether oxygens (including phenoxy) is 2. The third kappa shape index (κ3) is 4.02. The molecule has 15 heavy (non-hydrogen) atoms. The maximum atomic E-state index is 11.1. The van der Waals surface area contributed by atoms with Gasteiger partial charge in [0.15, 0.2) is 0 Å². The Morgan fingerprint density at radius 1 is 1.40 bits per heavy atom. The van der Waals surface area contributed by atoms with Crippen LogP contribution in [0.1, 0.15) is 25.3 Å². The molecule has 0 aliphatic heterocycles. The molecule has 0 atom stereocenters. The van der Waals surface area contributed by atoms with Gasteiger partial charge >= 0.3 is 5.97 Å². The van der Waals surface area contributed by atoms with E-state index in [0.29, 0.717) is 13.0 Å². The van der Waals surface area contributed by atoms with Crippen LogP contribution in [0, 0.1) is 0 Å². The van der Waals surface area contributed by atoms with Gasteiger partial charge in [-0.05, 0) is 24.1 Å². The van der Waals surface area contributed by atoms with E-state index < -0.39 is 0 Å². The molecule has 0 aromatic heterocycles. The number of benzene rings is 1. The van der Waals surface area contributed by atoms with Crippen molar-refractivity contribution in [3.8, 4) is 5.75 Å². The Hall–Kier alpha value is -1.51. The van der Waals surface area contributed by atoms with E-state index in [-0.39, 0.29) is 5.97 Å². The van der Waals surface area contributed by atoms with Crippen molar-refractivity contribution in [1.82, 2.24) is 0 Å². The average molecular weight is 208 g/mol. The van der Waals surface area contributed by atoms with Gasteiger partial charge in [-0.3, -0.25) is 4.79 Å². The van der Waals surface area contributed by atoms with Crippen molar-refractivity contribution in [2.75, 3.05) is 7.11 Å². The molecule has 0 spiro atoms. The van der Waals surface area contributed by atoms with E-state index in [0.717, 1.165) is 17.7 Å². The van der Waals surface area contributed by atoms with Crippen molar-refractivity contribution in [2.24, 2.45) is 0 Å². The summed E-state index contributed by atoms with van der Waals surface area (Å²) in [6.07, 6.45) is 1.29. The topological polar surface area (TPSA) is 35.5 Å². The maximum absolute atomic E-state index is 11.1. The molecular weight excluding hydrogens is 192 g/mol. The van der Waals surface area contributed by atoms with Crippen molar-refractivity contribution < 1.29 is 14.3 Å². The normalized spacial score (nSPS) is 9.73. The predicted molar refractivity (Wildman–Crippen MR) is 57.7 cm³/mol. The van der Waals surface area contributed by atoms with Crippen molar-refractivity contribution >= 4 is 5.97 Å². The Bertz CT molecular complexity index is 320. The number of hydrogen-bond acceptors (Lipinski definition) is 3. The van der Waals surface area contributed by atoms with Crippen LogP contribution in [-0.4, -0.2) is 13.1 Å². The van der Waals surface area contributed by atoms with Gasteiger partial charge in [-0.2, -0.15) is 0 Å². The molecule has 0 aliphatic carbocycles. The Morgan fingerprint density at radius 2 is 2.20 bits per heavy atom. The Morgan fingerprint density at radius 3 is 2.87 bits per heavy atom. The van der Waals surface area contributed by atoms with Gasteiger partial charge in [0.2, 0.25) is 0 Å². The molecule has 3 nitrogen and oxygen atoms in total. The molecule has 0 unspecified atom stereocenters. The van der Waals surface area contributed by atoms with E-state index in [1.54, 1.807) is 7.11 Å². The lowest BCUT2D eigenvalue weighted by Crippen LogP contribution is -2.03. The standard InChI is InChI=1S/C12H16O3/c1-3-5-12(13)15-9-10-6-4-7-11(8-10)14-2/h4,6-8H,3,5,9H2,1-2H3. The first kappa shape index (κ1) is 11.6. The average Bonchev–Trinajstić information content (AvgIpc) is 2.27. The molecule has 0 N–H and O–H groups in total. The zero-order valence-electron chi connectivity index (χ0n) is 9.16. The van der Waals surface area contributed by atoms with Crippen LogP contribution in [0.2, 0.25) is 0 Å². The second-order valence-corrected chi connectivity index (χ2v) is 3.26. The van der Waals surface area contributed by atoms with Crippen LogP contribution in [0.25, 0.3) is 0 Å². The molecule has 3 heteroatoms. The minimum atomic E-state index is -0.152. The number of rotatable bonds is 5. The van der Waals surface area contributed by atoms with E-state index >= 15 is 0 Å². The summed E-state index contributed by atoms with van der Waals surface area (Å²) in [5.41, 5.74) is 0.943. The first-order chi connectivity index (χ1) is 7.26. The van der Waals surface area contributed by atoms with Crippen LogP contribution in [0.5, 0.6) is 5.75 Å². The summed E-state index contributed by atoms with van der Waals surface area (Å²) in [6, 6.07) is 7.50. The van der Waals surface area contributed by atoms with Gasteiger partial charge in [-0.15, -0.1) is 0 Å². The number of carbonyl (C=O) groups excluding carboxylic acids is 1. The maximum Gasteiger partial charge on any atom is 0.306 e. The third-order valence-electron chi connectivity index (χ3n) is 1.99. The Balaban J connectivity index is 2.46. The summed E-state index contributed by atoms with van der Waals surface area (Å²) in [4.78, 5) is 11.1. The molecule has 0 saturated heterocycles. The van der Waals surface area contributed by atoms with Crippen LogP contribution in [0.4, 0.5) is 0 Å². The van der Waals surface area contributed by atoms with Gasteiger partial charge in [0.1, 0.15) is 12.4 Å². The summed E-state index contributed by atoms with van der Waals surface area (Å²) >= 11 is 0. The summed E-state index contributed by atoms with van der Waals surface area (Å²) in [6.45, 7) is 2.27. The predicted octanol–water partition coefficient (Wildman–Crippen LogP) is 2.54. The Labute approximate surface area is 90.0 Å². The van der Waals surface area contributed by atoms with Crippen LogP contribution in [-0.2, 0) is 16.1 Å². The Kier molecular flexibility index (Phi) is 4.68. The van der Waals surface area contributed by atoms with E-state index in [1.165, 1.54) is 0 Å².